The molecule has 0 saturated heterocycles. The minimum absolute atomic E-state index is 0.179. The first kappa shape index (κ1) is 20.7. The van der Waals surface area contributed by atoms with Crippen molar-refractivity contribution in [3.8, 4) is 16.9 Å². The van der Waals surface area contributed by atoms with E-state index in [0.29, 0.717) is 17.2 Å². The second kappa shape index (κ2) is 8.54. The summed E-state index contributed by atoms with van der Waals surface area (Å²) in [5.41, 5.74) is 2.01. The van der Waals surface area contributed by atoms with Gasteiger partial charge in [0.15, 0.2) is 0 Å². The molecule has 1 heterocycles. The van der Waals surface area contributed by atoms with Crippen LogP contribution in [-0.2, 0) is 14.8 Å². The van der Waals surface area contributed by atoms with Crippen molar-refractivity contribution in [2.24, 2.45) is 0 Å². The molecule has 152 valence electrons. The first-order valence-electron chi connectivity index (χ1n) is 8.94. The molecule has 29 heavy (non-hydrogen) atoms. The smallest absolute Gasteiger partial charge is 0.240 e. The highest BCUT2D eigenvalue weighted by molar-refractivity contribution is 7.88. The molecular weight excluding hydrogens is 395 g/mol. The van der Waals surface area contributed by atoms with E-state index >= 15 is 0 Å². The molecule has 0 fully saturated rings. The van der Waals surface area contributed by atoms with E-state index in [1.165, 1.54) is 16.8 Å². The quantitative estimate of drug-likeness (QED) is 0.642. The summed E-state index contributed by atoms with van der Waals surface area (Å²) in [6, 6.07) is 16.8. The lowest BCUT2D eigenvalue weighted by atomic mass is 10.2. The minimum atomic E-state index is -3.50. The van der Waals surface area contributed by atoms with Crippen LogP contribution in [0.4, 0.5) is 10.2 Å². The van der Waals surface area contributed by atoms with Crippen molar-refractivity contribution in [3.05, 3.63) is 66.5 Å². The maximum atomic E-state index is 13.3. The van der Waals surface area contributed by atoms with Crippen LogP contribution in [0.2, 0.25) is 0 Å². The van der Waals surface area contributed by atoms with Crippen molar-refractivity contribution in [2.75, 3.05) is 24.7 Å². The Hall–Kier alpha value is -3.04. The summed E-state index contributed by atoms with van der Waals surface area (Å²) in [5.74, 6) is -0.535. The molecule has 3 rings (SSSR count). The molecule has 9 heteroatoms. The van der Waals surface area contributed by atoms with Crippen LogP contribution in [0.5, 0.6) is 0 Å². The number of benzene rings is 2. The fraction of sp³-hybridized carbons (Fsp3) is 0.200. The van der Waals surface area contributed by atoms with E-state index < -0.39 is 15.9 Å². The predicted molar refractivity (Wildman–Crippen MR) is 110 cm³/mol. The number of rotatable bonds is 7. The molecule has 0 aliphatic heterocycles. The number of carbonyl (C=O) groups excluding carboxylic acids is 1. The Bertz CT molecular complexity index is 1100. The lowest BCUT2D eigenvalue weighted by Gasteiger charge is -2.17. The van der Waals surface area contributed by atoms with Crippen LogP contribution in [0.25, 0.3) is 16.9 Å². The van der Waals surface area contributed by atoms with Gasteiger partial charge in [0, 0.05) is 18.2 Å². The molecule has 2 aromatic carbocycles. The lowest BCUT2D eigenvalue weighted by Crippen LogP contribution is -2.37. The number of nitrogens with one attached hydrogen (secondary N) is 1. The zero-order chi connectivity index (χ0) is 21.0. The van der Waals surface area contributed by atoms with Crippen molar-refractivity contribution >= 4 is 21.7 Å². The van der Waals surface area contributed by atoms with Crippen molar-refractivity contribution in [1.29, 1.82) is 0 Å². The Morgan fingerprint density at radius 2 is 1.79 bits per heavy atom. The Balaban J connectivity index is 1.94. The number of hydrogen-bond donors (Lipinski definition) is 1. The van der Waals surface area contributed by atoms with Gasteiger partial charge >= 0.3 is 0 Å². The van der Waals surface area contributed by atoms with Crippen LogP contribution < -0.4 is 5.32 Å². The van der Waals surface area contributed by atoms with Gasteiger partial charge < -0.3 is 5.32 Å². The SMILES string of the molecule is CCN(CC(=O)Nc1cc(-c2ccccc2)nn1-c1ccc(F)cc1)S(C)(=O)=O. The highest BCUT2D eigenvalue weighted by atomic mass is 32.2. The average Bonchev–Trinajstić information content (AvgIpc) is 3.10. The van der Waals surface area contributed by atoms with Crippen LogP contribution in [-0.4, -0.2) is 47.8 Å². The van der Waals surface area contributed by atoms with Gasteiger partial charge in [0.1, 0.15) is 11.6 Å². The fourth-order valence-corrected chi connectivity index (χ4v) is 3.63. The topological polar surface area (TPSA) is 84.3 Å². The van der Waals surface area contributed by atoms with Gasteiger partial charge in [-0.15, -0.1) is 0 Å². The maximum Gasteiger partial charge on any atom is 0.240 e. The van der Waals surface area contributed by atoms with Crippen LogP contribution in [0.3, 0.4) is 0 Å². The van der Waals surface area contributed by atoms with E-state index in [4.69, 9.17) is 0 Å². The zero-order valence-electron chi connectivity index (χ0n) is 16.0. The Kier molecular flexibility index (Phi) is 6.09. The highest BCUT2D eigenvalue weighted by Crippen LogP contribution is 2.25. The van der Waals surface area contributed by atoms with Gasteiger partial charge in [-0.05, 0) is 24.3 Å². The molecule has 0 unspecified atom stereocenters. The van der Waals surface area contributed by atoms with Crippen molar-refractivity contribution < 1.29 is 17.6 Å². The van der Waals surface area contributed by atoms with Crippen LogP contribution in [0, 0.1) is 5.82 Å². The molecule has 1 amide bonds. The monoisotopic (exact) mass is 416 g/mol. The molecule has 7 nitrogen and oxygen atoms in total. The lowest BCUT2D eigenvalue weighted by molar-refractivity contribution is -0.116. The number of anilines is 1. The van der Waals surface area contributed by atoms with Crippen LogP contribution in [0.15, 0.2) is 60.7 Å². The molecule has 0 aliphatic carbocycles. The molecule has 0 bridgehead atoms. The number of carbonyl (C=O) groups is 1. The van der Waals surface area contributed by atoms with Crippen molar-refractivity contribution in [3.63, 3.8) is 0 Å². The van der Waals surface area contributed by atoms with E-state index in [-0.39, 0.29) is 18.9 Å². The van der Waals surface area contributed by atoms with Gasteiger partial charge in [0.25, 0.3) is 0 Å². The van der Waals surface area contributed by atoms with Crippen LogP contribution >= 0.6 is 0 Å². The summed E-state index contributed by atoms with van der Waals surface area (Å²) in [7, 11) is -3.50. The summed E-state index contributed by atoms with van der Waals surface area (Å²) >= 11 is 0. The summed E-state index contributed by atoms with van der Waals surface area (Å²) in [6.07, 6.45) is 1.06. The third-order valence-corrected chi connectivity index (χ3v) is 5.58. The summed E-state index contributed by atoms with van der Waals surface area (Å²) in [4.78, 5) is 12.5. The Morgan fingerprint density at radius 1 is 1.14 bits per heavy atom. The van der Waals surface area contributed by atoms with Crippen molar-refractivity contribution in [1.82, 2.24) is 14.1 Å². The highest BCUT2D eigenvalue weighted by Gasteiger charge is 2.20. The molecule has 0 aliphatic rings. The first-order valence-corrected chi connectivity index (χ1v) is 10.8. The van der Waals surface area contributed by atoms with Gasteiger partial charge in [0.2, 0.25) is 15.9 Å². The van der Waals surface area contributed by atoms with Gasteiger partial charge in [-0.3, -0.25) is 4.79 Å². The summed E-state index contributed by atoms with van der Waals surface area (Å²) in [6.45, 7) is 1.52. The van der Waals surface area contributed by atoms with Gasteiger partial charge in [-0.2, -0.15) is 9.40 Å². The fourth-order valence-electron chi connectivity index (χ4n) is 2.81. The van der Waals surface area contributed by atoms with Gasteiger partial charge in [-0.1, -0.05) is 37.3 Å². The van der Waals surface area contributed by atoms with E-state index in [0.717, 1.165) is 16.1 Å². The molecule has 0 radical (unpaired) electrons. The molecule has 1 aromatic heterocycles. The predicted octanol–water partition coefficient (Wildman–Crippen LogP) is 2.90. The third-order valence-electron chi connectivity index (χ3n) is 4.26. The van der Waals surface area contributed by atoms with E-state index in [1.54, 1.807) is 25.1 Å². The number of sulfonamides is 1. The number of likely N-dealkylation sites (N-methyl/N-ethyl adjacent to an activating group) is 1. The number of halogens is 1. The van der Waals surface area contributed by atoms with E-state index in [1.807, 2.05) is 30.3 Å². The number of amides is 1. The zero-order valence-corrected chi connectivity index (χ0v) is 16.9. The maximum absolute atomic E-state index is 13.3. The molecule has 0 atom stereocenters. The van der Waals surface area contributed by atoms with E-state index in [2.05, 4.69) is 10.4 Å². The summed E-state index contributed by atoms with van der Waals surface area (Å²) in [5, 5.41) is 7.24. The Labute approximate surface area is 168 Å². The second-order valence-corrected chi connectivity index (χ2v) is 8.39. The molecule has 3 aromatic rings. The molecule has 0 saturated carbocycles. The van der Waals surface area contributed by atoms with Gasteiger partial charge in [0.05, 0.1) is 24.2 Å². The van der Waals surface area contributed by atoms with Crippen molar-refractivity contribution in [2.45, 2.75) is 6.92 Å². The number of nitrogens with zero attached hydrogens (tertiary/aromatic N) is 3. The normalized spacial score (nSPS) is 11.6. The first-order chi connectivity index (χ1) is 13.8. The molecule has 1 N–H and O–H groups in total. The number of hydrogen-bond acceptors (Lipinski definition) is 4. The second-order valence-electron chi connectivity index (χ2n) is 6.41. The standard InChI is InChI=1S/C20H21FN4O3S/c1-3-24(29(2,27)28)14-20(26)22-19-13-18(15-7-5-4-6-8-15)23-25(19)17-11-9-16(21)10-12-17/h4-13H,3,14H2,1-2H3,(H,22,26). The molecule has 0 spiro atoms. The third kappa shape index (κ3) is 5.07. The van der Waals surface area contributed by atoms with Gasteiger partial charge in [-0.25, -0.2) is 17.5 Å². The van der Waals surface area contributed by atoms with E-state index in [9.17, 15) is 17.6 Å². The molecular formula is C20H21FN4O3S. The summed E-state index contributed by atoms with van der Waals surface area (Å²) < 4.78 is 39.4. The Morgan fingerprint density at radius 3 is 2.38 bits per heavy atom. The van der Waals surface area contributed by atoms with Crippen LogP contribution in [0.1, 0.15) is 6.92 Å². The average molecular weight is 416 g/mol. The minimum Gasteiger partial charge on any atom is -0.309 e. The number of aromatic nitrogens is 2. The largest absolute Gasteiger partial charge is 0.309 e.